The van der Waals surface area contributed by atoms with E-state index in [2.05, 4.69) is 10.0 Å². The molecule has 0 spiro atoms. The molecule has 19 heavy (non-hydrogen) atoms. The van der Waals surface area contributed by atoms with E-state index in [1.807, 2.05) is 13.0 Å². The maximum Gasteiger partial charge on any atom is 0.250 e. The van der Waals surface area contributed by atoms with Gasteiger partial charge in [0.1, 0.15) is 4.21 Å². The van der Waals surface area contributed by atoms with Gasteiger partial charge in [-0.15, -0.1) is 11.3 Å². The Kier molecular flexibility index (Phi) is 5.38. The Morgan fingerprint density at radius 3 is 2.74 bits per heavy atom. The van der Waals surface area contributed by atoms with E-state index in [1.165, 1.54) is 24.2 Å². The zero-order valence-corrected chi connectivity index (χ0v) is 12.9. The van der Waals surface area contributed by atoms with Gasteiger partial charge in [0.05, 0.1) is 0 Å². The summed E-state index contributed by atoms with van der Waals surface area (Å²) >= 11 is 1.35. The number of hydrogen-bond donors (Lipinski definition) is 2. The van der Waals surface area contributed by atoms with E-state index in [0.717, 1.165) is 30.8 Å². The topological polar surface area (TPSA) is 58.2 Å². The van der Waals surface area contributed by atoms with Gasteiger partial charge in [-0.05, 0) is 37.4 Å². The molecule has 1 saturated carbocycles. The highest BCUT2D eigenvalue weighted by molar-refractivity contribution is 7.91. The normalized spacial score (nSPS) is 17.1. The lowest BCUT2D eigenvalue weighted by atomic mass is 10.1. The number of sulfonamides is 1. The van der Waals surface area contributed by atoms with Gasteiger partial charge < -0.3 is 5.32 Å². The second-order valence-corrected chi connectivity index (χ2v) is 8.17. The molecule has 0 radical (unpaired) electrons. The predicted octanol–water partition coefficient (Wildman–Crippen LogP) is 2.33. The fourth-order valence-corrected chi connectivity index (χ4v) is 4.85. The summed E-state index contributed by atoms with van der Waals surface area (Å²) in [5, 5.41) is 3.20. The molecule has 0 aromatic carbocycles. The van der Waals surface area contributed by atoms with Gasteiger partial charge in [0.2, 0.25) is 10.0 Å². The van der Waals surface area contributed by atoms with Crippen LogP contribution in [0.4, 0.5) is 0 Å². The van der Waals surface area contributed by atoms with Crippen LogP contribution in [0, 0.1) is 5.92 Å². The van der Waals surface area contributed by atoms with Gasteiger partial charge in [0.15, 0.2) is 0 Å². The number of hydrogen-bond acceptors (Lipinski definition) is 4. The van der Waals surface area contributed by atoms with Crippen LogP contribution in [0.15, 0.2) is 16.3 Å². The van der Waals surface area contributed by atoms with Gasteiger partial charge in [-0.25, -0.2) is 13.1 Å². The van der Waals surface area contributed by atoms with E-state index in [-0.39, 0.29) is 0 Å². The molecule has 4 nitrogen and oxygen atoms in total. The molecular formula is C13H22N2O2S2. The Hall–Kier alpha value is -0.430. The summed E-state index contributed by atoms with van der Waals surface area (Å²) in [7, 11) is -3.31. The highest BCUT2D eigenvalue weighted by Crippen LogP contribution is 2.25. The first-order chi connectivity index (χ1) is 9.12. The van der Waals surface area contributed by atoms with Crippen LogP contribution in [0.25, 0.3) is 0 Å². The zero-order chi connectivity index (χ0) is 13.7. The van der Waals surface area contributed by atoms with Gasteiger partial charge >= 0.3 is 0 Å². The smallest absolute Gasteiger partial charge is 0.250 e. The minimum atomic E-state index is -3.31. The Balaban J connectivity index is 1.92. The van der Waals surface area contributed by atoms with Crippen LogP contribution in [-0.4, -0.2) is 21.5 Å². The van der Waals surface area contributed by atoms with Crippen LogP contribution in [0.5, 0.6) is 0 Å². The predicted molar refractivity (Wildman–Crippen MR) is 78.8 cm³/mol. The molecule has 0 aliphatic heterocycles. The van der Waals surface area contributed by atoms with Crippen molar-refractivity contribution in [1.82, 2.24) is 10.0 Å². The Morgan fingerprint density at radius 1 is 1.32 bits per heavy atom. The van der Waals surface area contributed by atoms with Crippen molar-refractivity contribution in [3.05, 3.63) is 17.0 Å². The molecule has 6 heteroatoms. The van der Waals surface area contributed by atoms with Crippen molar-refractivity contribution in [3.63, 3.8) is 0 Å². The van der Waals surface area contributed by atoms with E-state index in [9.17, 15) is 8.42 Å². The lowest BCUT2D eigenvalue weighted by molar-refractivity contribution is 0.520. The van der Waals surface area contributed by atoms with Crippen LogP contribution < -0.4 is 10.0 Å². The molecule has 2 N–H and O–H groups in total. The number of rotatable bonds is 7. The number of thiophene rings is 1. The monoisotopic (exact) mass is 302 g/mol. The van der Waals surface area contributed by atoms with Crippen molar-refractivity contribution in [1.29, 1.82) is 0 Å². The first kappa shape index (κ1) is 15.0. The summed E-state index contributed by atoms with van der Waals surface area (Å²) in [6.45, 7) is 4.25. The van der Waals surface area contributed by atoms with Gasteiger partial charge in [0.25, 0.3) is 0 Å². The van der Waals surface area contributed by atoms with Crippen molar-refractivity contribution in [2.24, 2.45) is 5.92 Å². The van der Waals surface area contributed by atoms with Crippen molar-refractivity contribution < 1.29 is 8.42 Å². The second-order valence-electron chi connectivity index (χ2n) is 5.00. The van der Waals surface area contributed by atoms with Crippen LogP contribution in [-0.2, 0) is 16.6 Å². The van der Waals surface area contributed by atoms with E-state index < -0.39 is 10.0 Å². The third kappa shape index (κ3) is 4.27. The molecule has 1 aromatic rings. The maximum atomic E-state index is 12.2. The third-order valence-electron chi connectivity index (χ3n) is 3.49. The Morgan fingerprint density at radius 2 is 2.05 bits per heavy atom. The molecular weight excluding hydrogens is 280 g/mol. The van der Waals surface area contributed by atoms with Gasteiger partial charge in [0, 0.05) is 18.0 Å². The molecule has 0 saturated heterocycles. The first-order valence-electron chi connectivity index (χ1n) is 6.91. The lowest BCUT2D eigenvalue weighted by Crippen LogP contribution is -2.27. The highest BCUT2D eigenvalue weighted by Gasteiger charge is 2.20. The summed E-state index contributed by atoms with van der Waals surface area (Å²) in [5.74, 6) is 0.524. The molecule has 1 heterocycles. The molecule has 0 unspecified atom stereocenters. The highest BCUT2D eigenvalue weighted by atomic mass is 32.2. The van der Waals surface area contributed by atoms with Gasteiger partial charge in [-0.1, -0.05) is 19.8 Å². The second kappa shape index (κ2) is 6.83. The quantitative estimate of drug-likeness (QED) is 0.813. The molecule has 1 aliphatic rings. The summed E-state index contributed by atoms with van der Waals surface area (Å²) in [6, 6.07) is 3.59. The van der Waals surface area contributed by atoms with Crippen molar-refractivity contribution in [3.8, 4) is 0 Å². The van der Waals surface area contributed by atoms with Crippen LogP contribution >= 0.6 is 11.3 Å². The molecule has 1 fully saturated rings. The zero-order valence-electron chi connectivity index (χ0n) is 11.3. The Labute approximate surface area is 119 Å². The fraction of sp³-hybridized carbons (Fsp3) is 0.692. The van der Waals surface area contributed by atoms with Gasteiger partial charge in [-0.3, -0.25) is 0 Å². The van der Waals surface area contributed by atoms with Crippen molar-refractivity contribution >= 4 is 21.4 Å². The van der Waals surface area contributed by atoms with Gasteiger partial charge in [-0.2, -0.15) is 0 Å². The molecule has 1 aliphatic carbocycles. The van der Waals surface area contributed by atoms with Crippen LogP contribution in [0.3, 0.4) is 0 Å². The fourth-order valence-electron chi connectivity index (χ4n) is 2.36. The van der Waals surface area contributed by atoms with Crippen LogP contribution in [0.2, 0.25) is 0 Å². The minimum absolute atomic E-state index is 0.429. The molecule has 0 amide bonds. The molecule has 0 bridgehead atoms. The lowest BCUT2D eigenvalue weighted by Gasteiger charge is -2.09. The summed E-state index contributed by atoms with van der Waals surface area (Å²) < 4.78 is 27.5. The third-order valence-corrected chi connectivity index (χ3v) is 6.49. The average molecular weight is 302 g/mol. The number of nitrogens with one attached hydrogen (secondary N) is 2. The molecule has 2 rings (SSSR count). The van der Waals surface area contributed by atoms with E-state index in [4.69, 9.17) is 0 Å². The van der Waals surface area contributed by atoms with E-state index in [1.54, 1.807) is 6.07 Å². The molecule has 1 aromatic heterocycles. The average Bonchev–Trinajstić information content (AvgIpc) is 3.05. The molecule has 0 atom stereocenters. The summed E-state index contributed by atoms with van der Waals surface area (Å²) in [5.41, 5.74) is 0. The van der Waals surface area contributed by atoms with E-state index in [0.29, 0.717) is 16.7 Å². The van der Waals surface area contributed by atoms with Crippen LogP contribution in [0.1, 0.15) is 37.5 Å². The Bertz CT molecular complexity index is 490. The maximum absolute atomic E-state index is 12.2. The van der Waals surface area contributed by atoms with E-state index >= 15 is 0 Å². The minimum Gasteiger partial charge on any atom is -0.312 e. The SMILES string of the molecule is CCNCc1ccc(S(=O)(=O)NCC2CCCC2)s1. The summed E-state index contributed by atoms with van der Waals surface area (Å²) in [4.78, 5) is 1.06. The largest absolute Gasteiger partial charge is 0.312 e. The van der Waals surface area contributed by atoms with Crippen molar-refractivity contribution in [2.45, 2.75) is 43.4 Å². The summed E-state index contributed by atoms with van der Waals surface area (Å²) in [6.07, 6.45) is 4.77. The standard InChI is InChI=1S/C13H22N2O2S2/c1-2-14-10-12-7-8-13(18-12)19(16,17)15-9-11-5-3-4-6-11/h7-8,11,14-15H,2-6,9-10H2,1H3. The molecule has 108 valence electrons. The van der Waals surface area contributed by atoms with Crippen molar-refractivity contribution in [2.75, 3.05) is 13.1 Å². The first-order valence-corrected chi connectivity index (χ1v) is 9.21.